The molecule has 0 spiro atoms. The van der Waals surface area contributed by atoms with Crippen molar-refractivity contribution in [1.82, 2.24) is 5.32 Å². The number of amidine groups is 1. The number of esters is 1. The normalized spacial score (nSPS) is 21.0. The quantitative estimate of drug-likeness (QED) is 0.357. The zero-order valence-corrected chi connectivity index (χ0v) is 15.5. The summed E-state index contributed by atoms with van der Waals surface area (Å²) in [5.41, 5.74) is 0.785. The summed E-state index contributed by atoms with van der Waals surface area (Å²) in [5, 5.41) is 10.8. The molecule has 0 radical (unpaired) electrons. The van der Waals surface area contributed by atoms with Crippen LogP contribution in [0, 0.1) is 0 Å². The van der Waals surface area contributed by atoms with Gasteiger partial charge < -0.3 is 14.2 Å². The monoisotopic (exact) mass is 389 g/mol. The van der Waals surface area contributed by atoms with E-state index in [0.717, 1.165) is 42.0 Å². The van der Waals surface area contributed by atoms with Gasteiger partial charge >= 0.3 is 5.97 Å². The molecule has 2 aliphatic heterocycles. The fourth-order valence-electron chi connectivity index (χ4n) is 2.45. The number of methoxy groups -OCH3 is 1. The fourth-order valence-corrected chi connectivity index (χ4v) is 3.19. The Kier molecular flexibility index (Phi) is 6.61. The lowest BCUT2D eigenvalue weighted by atomic mass is 10.1. The summed E-state index contributed by atoms with van der Waals surface area (Å²) in [7, 11) is 1.25. The average Bonchev–Trinajstić information content (AvgIpc) is 3.03. The van der Waals surface area contributed by atoms with Crippen molar-refractivity contribution in [2.75, 3.05) is 20.3 Å². The van der Waals surface area contributed by atoms with Crippen molar-refractivity contribution < 1.29 is 23.8 Å². The first-order valence-corrected chi connectivity index (χ1v) is 9.20. The second-order valence-electron chi connectivity index (χ2n) is 5.71. The largest absolute Gasteiger partial charge is 0.490 e. The van der Waals surface area contributed by atoms with Crippen LogP contribution >= 0.6 is 11.8 Å². The van der Waals surface area contributed by atoms with Crippen LogP contribution in [0.4, 0.5) is 0 Å². The van der Waals surface area contributed by atoms with Crippen molar-refractivity contribution in [3.63, 3.8) is 0 Å². The number of benzene rings is 1. The van der Waals surface area contributed by atoms with Gasteiger partial charge in [0.25, 0.3) is 5.91 Å². The lowest BCUT2D eigenvalue weighted by molar-refractivity contribution is -0.135. The Morgan fingerprint density at radius 3 is 2.89 bits per heavy atom. The molecule has 2 aliphatic rings. The second kappa shape index (κ2) is 9.33. The standard InChI is InChI=1S/C18H19N3O5S/c1-24-16(22)10-15-17(23)20-18(27-15)21-19-11-12-4-2-3-5-14(12)26-13-6-8-25-9-7-13/h2-5,10-11,13H,6-9H2,1H3,(H,20,21,23)/b15-10+,19-11?. The maximum atomic E-state index is 11.8. The lowest BCUT2D eigenvalue weighted by Crippen LogP contribution is -2.26. The van der Waals surface area contributed by atoms with Crippen molar-refractivity contribution in [2.24, 2.45) is 10.2 Å². The van der Waals surface area contributed by atoms with Gasteiger partial charge in [0, 0.05) is 24.5 Å². The van der Waals surface area contributed by atoms with Gasteiger partial charge in [-0.05, 0) is 23.9 Å². The number of hydrogen-bond acceptors (Lipinski definition) is 8. The van der Waals surface area contributed by atoms with E-state index in [1.807, 2.05) is 24.3 Å². The minimum atomic E-state index is -0.600. The van der Waals surface area contributed by atoms with Crippen LogP contribution in [-0.4, -0.2) is 49.7 Å². The number of thioether (sulfide) groups is 1. The van der Waals surface area contributed by atoms with Crippen LogP contribution in [0.5, 0.6) is 5.75 Å². The van der Waals surface area contributed by atoms with E-state index in [2.05, 4.69) is 20.3 Å². The molecule has 142 valence electrons. The second-order valence-corrected chi connectivity index (χ2v) is 6.74. The molecule has 0 aromatic heterocycles. The van der Waals surface area contributed by atoms with Gasteiger partial charge in [-0.15, -0.1) is 5.10 Å². The molecule has 1 amide bonds. The first-order chi connectivity index (χ1) is 13.2. The predicted molar refractivity (Wildman–Crippen MR) is 102 cm³/mol. The maximum Gasteiger partial charge on any atom is 0.331 e. The third-order valence-corrected chi connectivity index (χ3v) is 4.73. The Balaban J connectivity index is 1.66. The summed E-state index contributed by atoms with van der Waals surface area (Å²) in [6.45, 7) is 1.40. The zero-order chi connectivity index (χ0) is 19.1. The summed E-state index contributed by atoms with van der Waals surface area (Å²) in [5.74, 6) is -0.290. The number of amides is 1. The molecular formula is C18H19N3O5S. The van der Waals surface area contributed by atoms with Crippen LogP contribution < -0.4 is 10.1 Å². The van der Waals surface area contributed by atoms with E-state index in [4.69, 9.17) is 9.47 Å². The van der Waals surface area contributed by atoms with E-state index in [0.29, 0.717) is 13.2 Å². The number of hydrogen-bond donors (Lipinski definition) is 1. The number of nitrogens with zero attached hydrogens (tertiary/aromatic N) is 2. The van der Waals surface area contributed by atoms with Gasteiger partial charge in [0.1, 0.15) is 11.9 Å². The summed E-state index contributed by atoms with van der Waals surface area (Å²) in [6, 6.07) is 7.54. The summed E-state index contributed by atoms with van der Waals surface area (Å²) >= 11 is 1.02. The summed E-state index contributed by atoms with van der Waals surface area (Å²) < 4.78 is 15.9. The fraction of sp³-hybridized carbons (Fsp3) is 0.333. The number of para-hydroxylation sites is 1. The minimum Gasteiger partial charge on any atom is -0.490 e. The number of carbonyl (C=O) groups excluding carboxylic acids is 2. The molecule has 9 heteroatoms. The van der Waals surface area contributed by atoms with Crippen molar-refractivity contribution in [3.05, 3.63) is 40.8 Å². The van der Waals surface area contributed by atoms with Gasteiger partial charge in [-0.3, -0.25) is 10.1 Å². The predicted octanol–water partition coefficient (Wildman–Crippen LogP) is 1.85. The van der Waals surface area contributed by atoms with E-state index < -0.39 is 11.9 Å². The van der Waals surface area contributed by atoms with Gasteiger partial charge in [0.15, 0.2) is 5.17 Å². The zero-order valence-electron chi connectivity index (χ0n) is 14.7. The molecule has 3 rings (SSSR count). The van der Waals surface area contributed by atoms with Crippen LogP contribution in [0.15, 0.2) is 45.4 Å². The number of ether oxygens (including phenoxy) is 3. The van der Waals surface area contributed by atoms with Gasteiger partial charge in [0.05, 0.1) is 31.4 Å². The Hall–Kier alpha value is -2.65. The third-order valence-electron chi connectivity index (χ3n) is 3.83. The first kappa shape index (κ1) is 19.1. The molecule has 2 fully saturated rings. The summed E-state index contributed by atoms with van der Waals surface area (Å²) in [4.78, 5) is 23.2. The van der Waals surface area contributed by atoms with Gasteiger partial charge in [-0.1, -0.05) is 12.1 Å². The van der Waals surface area contributed by atoms with Crippen LogP contribution in [-0.2, 0) is 19.1 Å². The number of carbonyl (C=O) groups is 2. The van der Waals surface area contributed by atoms with Crippen molar-refractivity contribution in [3.8, 4) is 5.75 Å². The SMILES string of the molecule is COC(=O)/C=C1/S/C(=N\N=Cc2ccccc2OC2CCOCC2)NC1=O. The topological polar surface area (TPSA) is 98.6 Å². The maximum absolute atomic E-state index is 11.8. The highest BCUT2D eigenvalue weighted by atomic mass is 32.2. The van der Waals surface area contributed by atoms with E-state index in [9.17, 15) is 9.59 Å². The van der Waals surface area contributed by atoms with E-state index >= 15 is 0 Å². The van der Waals surface area contributed by atoms with E-state index in [1.165, 1.54) is 7.11 Å². The van der Waals surface area contributed by atoms with Crippen molar-refractivity contribution in [1.29, 1.82) is 0 Å². The van der Waals surface area contributed by atoms with Crippen LogP contribution in [0.25, 0.3) is 0 Å². The van der Waals surface area contributed by atoms with Gasteiger partial charge in [-0.2, -0.15) is 5.10 Å². The average molecular weight is 389 g/mol. The van der Waals surface area contributed by atoms with Crippen molar-refractivity contribution >= 4 is 35.0 Å². The number of nitrogens with one attached hydrogen (secondary N) is 1. The van der Waals surface area contributed by atoms with Crippen molar-refractivity contribution in [2.45, 2.75) is 18.9 Å². The molecule has 1 N–H and O–H groups in total. The molecule has 8 nitrogen and oxygen atoms in total. The van der Waals surface area contributed by atoms with Gasteiger partial charge in [0.2, 0.25) is 0 Å². The third kappa shape index (κ3) is 5.41. The van der Waals surface area contributed by atoms with Crippen LogP contribution in [0.3, 0.4) is 0 Å². The highest BCUT2D eigenvalue weighted by Gasteiger charge is 2.25. The molecular weight excluding hydrogens is 370 g/mol. The molecule has 2 saturated heterocycles. The molecule has 0 saturated carbocycles. The molecule has 1 aromatic carbocycles. The van der Waals surface area contributed by atoms with Crippen LogP contribution in [0.2, 0.25) is 0 Å². The Labute approximate surface area is 160 Å². The first-order valence-electron chi connectivity index (χ1n) is 8.39. The highest BCUT2D eigenvalue weighted by Crippen LogP contribution is 2.24. The Morgan fingerprint density at radius 2 is 2.11 bits per heavy atom. The van der Waals surface area contributed by atoms with E-state index in [1.54, 1.807) is 6.21 Å². The van der Waals surface area contributed by atoms with E-state index in [-0.39, 0.29) is 16.2 Å². The molecule has 0 atom stereocenters. The van der Waals surface area contributed by atoms with Gasteiger partial charge in [-0.25, -0.2) is 4.79 Å². The molecule has 0 bridgehead atoms. The molecule has 1 aromatic rings. The summed E-state index contributed by atoms with van der Waals surface area (Å²) in [6.07, 6.45) is 4.51. The van der Waals surface area contributed by atoms with Crippen LogP contribution in [0.1, 0.15) is 18.4 Å². The molecule has 0 aliphatic carbocycles. The number of rotatable bonds is 5. The Bertz CT molecular complexity index is 800. The Morgan fingerprint density at radius 1 is 1.33 bits per heavy atom. The lowest BCUT2D eigenvalue weighted by Gasteiger charge is -2.24. The molecule has 0 unspecified atom stereocenters. The molecule has 27 heavy (non-hydrogen) atoms. The minimum absolute atomic E-state index is 0.121. The smallest absolute Gasteiger partial charge is 0.331 e. The highest BCUT2D eigenvalue weighted by molar-refractivity contribution is 8.18. The molecule has 2 heterocycles.